The summed E-state index contributed by atoms with van der Waals surface area (Å²) in [4.78, 5) is 16.8. The van der Waals surface area contributed by atoms with Gasteiger partial charge in [-0.15, -0.1) is 37.2 Å². The molecule has 2 aliphatic rings. The first-order chi connectivity index (χ1) is 23.3. The first kappa shape index (κ1) is 45.6. The quantitative estimate of drug-likeness (QED) is 0.164. The molecular formula is C38H53Cl3F4N4O3. The Hall–Kier alpha value is -2.57. The van der Waals surface area contributed by atoms with Crippen LogP contribution in [0.2, 0.25) is 0 Å². The van der Waals surface area contributed by atoms with Gasteiger partial charge >= 0.3 is 12.1 Å². The average molecular weight is 796 g/mol. The van der Waals surface area contributed by atoms with E-state index in [0.717, 1.165) is 68.7 Å². The van der Waals surface area contributed by atoms with Gasteiger partial charge in [-0.25, -0.2) is 4.39 Å². The van der Waals surface area contributed by atoms with Crippen molar-refractivity contribution in [2.24, 2.45) is 11.8 Å². The summed E-state index contributed by atoms with van der Waals surface area (Å²) in [5.41, 5.74) is 4.09. The molecular weight excluding hydrogens is 743 g/mol. The lowest BCUT2D eigenvalue weighted by molar-refractivity contribution is -0.153. The van der Waals surface area contributed by atoms with Gasteiger partial charge in [0.2, 0.25) is 0 Å². The normalized spacial score (nSPS) is 20.2. The number of hydrogen-bond acceptors (Lipinski definition) is 5. The van der Waals surface area contributed by atoms with Crippen LogP contribution in [0.5, 0.6) is 5.75 Å². The van der Waals surface area contributed by atoms with Crippen LogP contribution in [0.3, 0.4) is 0 Å². The minimum absolute atomic E-state index is 0. The number of aromatic nitrogens is 2. The fraction of sp³-hybridized carbons (Fsp3) is 0.579. The molecule has 4 atom stereocenters. The topological polar surface area (TPSA) is 70.8 Å². The van der Waals surface area contributed by atoms with Gasteiger partial charge in [0.25, 0.3) is 0 Å². The molecule has 1 saturated carbocycles. The van der Waals surface area contributed by atoms with Crippen molar-refractivity contribution in [3.8, 4) is 5.75 Å². The van der Waals surface area contributed by atoms with Crippen molar-refractivity contribution in [3.05, 3.63) is 82.9 Å². The molecule has 7 nitrogen and oxygen atoms in total. The molecule has 0 spiro atoms. The Morgan fingerprint density at radius 2 is 1.71 bits per heavy atom. The number of halogens is 7. The number of ether oxygens (including phenoxy) is 1. The maximum Gasteiger partial charge on any atom is 0.422 e. The number of piperidine rings is 1. The van der Waals surface area contributed by atoms with E-state index in [9.17, 15) is 27.5 Å². The lowest BCUT2D eigenvalue weighted by Gasteiger charge is -2.35. The Labute approximate surface area is 323 Å². The molecule has 2 aromatic carbocycles. The number of likely N-dealkylation sites (tertiary alicyclic amines) is 1. The van der Waals surface area contributed by atoms with Crippen molar-refractivity contribution in [2.75, 3.05) is 33.3 Å². The molecule has 3 aromatic rings. The molecule has 1 aliphatic carbocycles. The molecule has 52 heavy (non-hydrogen) atoms. The molecule has 5 rings (SSSR count). The number of carbonyl (C=O) groups is 1. The monoisotopic (exact) mass is 794 g/mol. The van der Waals surface area contributed by atoms with E-state index < -0.39 is 24.8 Å². The van der Waals surface area contributed by atoms with Crippen LogP contribution in [0.15, 0.2) is 54.6 Å². The van der Waals surface area contributed by atoms with E-state index in [1.807, 2.05) is 13.1 Å². The summed E-state index contributed by atoms with van der Waals surface area (Å²) in [5, 5.41) is 14.9. The van der Waals surface area contributed by atoms with Crippen molar-refractivity contribution in [1.29, 1.82) is 0 Å². The molecule has 2 fully saturated rings. The van der Waals surface area contributed by atoms with Crippen LogP contribution < -0.4 is 4.74 Å². The molecule has 1 aliphatic heterocycles. The van der Waals surface area contributed by atoms with Crippen molar-refractivity contribution in [1.82, 2.24) is 19.6 Å². The second-order valence-corrected chi connectivity index (χ2v) is 14.4. The van der Waals surface area contributed by atoms with Crippen LogP contribution in [-0.4, -0.2) is 82.2 Å². The van der Waals surface area contributed by atoms with Gasteiger partial charge in [-0.05, 0) is 118 Å². The number of rotatable bonds is 14. The maximum absolute atomic E-state index is 14.4. The van der Waals surface area contributed by atoms with Crippen LogP contribution in [0.25, 0.3) is 0 Å². The highest BCUT2D eigenvalue weighted by molar-refractivity contribution is 5.86. The summed E-state index contributed by atoms with van der Waals surface area (Å²) in [6, 6.07) is 15.3. The van der Waals surface area contributed by atoms with Gasteiger partial charge in [-0.2, -0.15) is 18.3 Å². The first-order valence-electron chi connectivity index (χ1n) is 17.6. The minimum atomic E-state index is -4.37. The van der Waals surface area contributed by atoms with Gasteiger partial charge in [-0.3, -0.25) is 14.4 Å². The highest BCUT2D eigenvalue weighted by Crippen LogP contribution is 2.43. The number of alkyl halides is 3. The Morgan fingerprint density at radius 1 is 1.04 bits per heavy atom. The second-order valence-electron chi connectivity index (χ2n) is 14.4. The zero-order chi connectivity index (χ0) is 35.3. The average Bonchev–Trinajstić information content (AvgIpc) is 3.67. The number of likely N-dealkylation sites (N-methyl/N-ethyl adjacent to an activating group) is 1. The van der Waals surface area contributed by atoms with Gasteiger partial charge in [0, 0.05) is 37.2 Å². The lowest BCUT2D eigenvalue weighted by Crippen LogP contribution is -2.45. The van der Waals surface area contributed by atoms with Gasteiger partial charge in [0.15, 0.2) is 6.61 Å². The first-order valence-corrected chi connectivity index (χ1v) is 17.6. The van der Waals surface area contributed by atoms with Gasteiger partial charge in [-0.1, -0.05) is 38.1 Å². The summed E-state index contributed by atoms with van der Waals surface area (Å²) in [5.74, 6) is 0.236. The van der Waals surface area contributed by atoms with E-state index in [2.05, 4.69) is 41.3 Å². The van der Waals surface area contributed by atoms with Crippen molar-refractivity contribution >= 4 is 43.2 Å². The molecule has 0 amide bonds. The minimum Gasteiger partial charge on any atom is -0.484 e. The van der Waals surface area contributed by atoms with Crippen molar-refractivity contribution in [2.45, 2.75) is 95.9 Å². The SMILES string of the molecule is CCn1nc(Cc2ccc(OCC(F)(F)F)cc2)cc1C1CCN(CC2CC(N(C)[C@H](CC(C)C)C(=O)O)CC2c2cccc(F)c2)CC1.Cl.Cl.Cl. The predicted octanol–water partition coefficient (Wildman–Crippen LogP) is 9.01. The molecule has 292 valence electrons. The van der Waals surface area contributed by atoms with E-state index in [-0.39, 0.29) is 72.6 Å². The standard InChI is InChI=1S/C38H50F4N4O3.3ClH/c1-5-46-35(21-31(43-46)18-26-9-11-33(12-10-26)49-24-38(40,41)42)27-13-15-45(16-14-27)23-29-20-32(44(4)36(37(47)48)17-25(2)3)22-34(29)28-7-6-8-30(39)19-28;;;/h6-12,19,21,25,27,29,32,34,36H,5,13-18,20,22-24H2,1-4H3,(H,47,48);3*1H/t29?,32?,34?,36-;;;/m1.../s1. The van der Waals surface area contributed by atoms with Gasteiger partial charge in [0.1, 0.15) is 17.6 Å². The third kappa shape index (κ3) is 12.2. The summed E-state index contributed by atoms with van der Waals surface area (Å²) in [7, 11) is 1.94. The maximum atomic E-state index is 14.4. The van der Waals surface area contributed by atoms with E-state index in [0.29, 0.717) is 18.8 Å². The van der Waals surface area contributed by atoms with E-state index in [4.69, 9.17) is 9.84 Å². The molecule has 3 unspecified atom stereocenters. The van der Waals surface area contributed by atoms with Crippen molar-refractivity contribution in [3.63, 3.8) is 0 Å². The zero-order valence-corrected chi connectivity index (χ0v) is 32.7. The number of carboxylic acid groups (broad SMARTS) is 1. The smallest absolute Gasteiger partial charge is 0.422 e. The molecule has 0 radical (unpaired) electrons. The molecule has 2 heterocycles. The van der Waals surface area contributed by atoms with Crippen LogP contribution >= 0.6 is 37.2 Å². The van der Waals surface area contributed by atoms with Gasteiger partial charge < -0.3 is 14.7 Å². The van der Waals surface area contributed by atoms with Gasteiger partial charge in [0.05, 0.1) is 5.69 Å². The van der Waals surface area contributed by atoms with E-state index >= 15 is 0 Å². The molecule has 1 saturated heterocycles. The Kier molecular flexibility index (Phi) is 17.7. The van der Waals surface area contributed by atoms with Crippen LogP contribution in [0.1, 0.15) is 87.2 Å². The Morgan fingerprint density at radius 3 is 2.29 bits per heavy atom. The number of carboxylic acids is 1. The van der Waals surface area contributed by atoms with E-state index in [1.54, 1.807) is 36.4 Å². The largest absolute Gasteiger partial charge is 0.484 e. The van der Waals surface area contributed by atoms with E-state index in [1.165, 1.54) is 11.8 Å². The highest BCUT2D eigenvalue weighted by atomic mass is 35.5. The molecule has 1 aromatic heterocycles. The Balaban J connectivity index is 0.00000312. The number of hydrogen-bond donors (Lipinski definition) is 1. The summed E-state index contributed by atoms with van der Waals surface area (Å²) in [6.07, 6.45) is 0.468. The molecule has 1 N–H and O–H groups in total. The number of benzene rings is 2. The molecule has 0 bridgehead atoms. The Bertz CT molecular complexity index is 1530. The van der Waals surface area contributed by atoms with Crippen LogP contribution in [-0.2, 0) is 17.8 Å². The summed E-state index contributed by atoms with van der Waals surface area (Å²) < 4.78 is 58.7. The third-order valence-electron chi connectivity index (χ3n) is 10.4. The fourth-order valence-corrected chi connectivity index (χ4v) is 7.89. The summed E-state index contributed by atoms with van der Waals surface area (Å²) in [6.45, 7) is 8.39. The number of nitrogens with zero attached hydrogens (tertiary/aromatic N) is 4. The third-order valence-corrected chi connectivity index (χ3v) is 10.4. The highest BCUT2D eigenvalue weighted by Gasteiger charge is 2.41. The van der Waals surface area contributed by atoms with Crippen LogP contribution in [0.4, 0.5) is 17.6 Å². The summed E-state index contributed by atoms with van der Waals surface area (Å²) >= 11 is 0. The fourth-order valence-electron chi connectivity index (χ4n) is 7.89. The number of aryl methyl sites for hydroxylation is 1. The number of aliphatic carboxylic acids is 1. The predicted molar refractivity (Wildman–Crippen MR) is 203 cm³/mol. The zero-order valence-electron chi connectivity index (χ0n) is 30.2. The second kappa shape index (κ2) is 20.2. The van der Waals surface area contributed by atoms with Crippen molar-refractivity contribution < 1.29 is 32.2 Å². The molecule has 14 heteroatoms. The lowest BCUT2D eigenvalue weighted by atomic mass is 9.87. The van der Waals surface area contributed by atoms with Crippen LogP contribution in [0, 0.1) is 17.7 Å².